The van der Waals surface area contributed by atoms with E-state index in [0.717, 1.165) is 22.5 Å². The number of hydrazine groups is 2. The zero-order chi connectivity index (χ0) is 30.3. The Kier molecular flexibility index (Phi) is 7.90. The molecule has 3 heterocycles. The lowest BCUT2D eigenvalue weighted by Gasteiger charge is -2.38. The van der Waals surface area contributed by atoms with E-state index in [9.17, 15) is 18.0 Å². The molecule has 13 heteroatoms. The van der Waals surface area contributed by atoms with Gasteiger partial charge in [0.2, 0.25) is 0 Å². The summed E-state index contributed by atoms with van der Waals surface area (Å²) in [6.45, 7) is 9.83. The number of alkyl halides is 3. The van der Waals surface area contributed by atoms with Crippen molar-refractivity contribution in [2.24, 2.45) is 7.05 Å². The third-order valence-corrected chi connectivity index (χ3v) is 7.83. The quantitative estimate of drug-likeness (QED) is 0.358. The molecule has 9 nitrogen and oxygen atoms in total. The van der Waals surface area contributed by atoms with Gasteiger partial charge in [-0.05, 0) is 57.5 Å². The lowest BCUT2D eigenvalue weighted by molar-refractivity contribution is -0.139. The van der Waals surface area contributed by atoms with Crippen LogP contribution >= 0.6 is 0 Å². The zero-order valence-corrected chi connectivity index (χ0v) is 24.1. The zero-order valence-electron chi connectivity index (χ0n) is 24.1. The number of amides is 1. The molecule has 1 amide bonds. The molecule has 3 aromatic rings. The summed E-state index contributed by atoms with van der Waals surface area (Å²) in [7, 11) is 1.85. The number of anilines is 3. The molecule has 1 aromatic heterocycles. The fourth-order valence-electron chi connectivity index (χ4n) is 5.15. The minimum Gasteiger partial charge on any atom is -0.367 e. The Morgan fingerprint density at radius 2 is 1.76 bits per heavy atom. The highest BCUT2D eigenvalue weighted by Crippen LogP contribution is 2.38. The van der Waals surface area contributed by atoms with Crippen LogP contribution in [0, 0.1) is 19.7 Å². The van der Waals surface area contributed by atoms with Crippen molar-refractivity contribution in [3.8, 4) is 0 Å². The van der Waals surface area contributed by atoms with Gasteiger partial charge in [0.1, 0.15) is 0 Å². The maximum absolute atomic E-state index is 15.2. The third kappa shape index (κ3) is 5.79. The Labute approximate surface area is 241 Å². The molecule has 5 rings (SSSR count). The average molecular weight is 587 g/mol. The van der Waals surface area contributed by atoms with Gasteiger partial charge < -0.3 is 15.6 Å². The third-order valence-electron chi connectivity index (χ3n) is 7.83. The van der Waals surface area contributed by atoms with E-state index in [4.69, 9.17) is 0 Å². The highest BCUT2D eigenvalue weighted by Gasteiger charge is 2.37. The van der Waals surface area contributed by atoms with Crippen LogP contribution in [0.15, 0.2) is 42.7 Å². The number of nitrogens with one attached hydrogen (secondary N) is 3. The van der Waals surface area contributed by atoms with Crippen LogP contribution in [0.5, 0.6) is 0 Å². The molecule has 0 atom stereocenters. The largest absolute Gasteiger partial charge is 0.419 e. The van der Waals surface area contributed by atoms with Gasteiger partial charge in [-0.25, -0.2) is 4.39 Å². The highest BCUT2D eigenvalue weighted by atomic mass is 19.4. The van der Waals surface area contributed by atoms with Crippen molar-refractivity contribution in [2.45, 2.75) is 39.9 Å². The standard InChI is InChI=1S/C29H34F4N8O/c1-17(2)39-8-10-40(11-9-39)26-14-21(13-23(27(26)30)29(31,32)33)35-28(42)20-7-6-18(3)25(12-20)41-16-24(36-37-41)22-15-34-38(5)19(22)4/h6-7,12-17,36-37H,8-11H2,1-5H3,(H,35,42). The molecular weight excluding hydrogens is 552 g/mol. The van der Waals surface area contributed by atoms with Crippen molar-refractivity contribution in [2.75, 3.05) is 41.4 Å². The van der Waals surface area contributed by atoms with Gasteiger partial charge in [0, 0.05) is 68.0 Å². The Morgan fingerprint density at radius 1 is 1.05 bits per heavy atom. The number of piperazine rings is 1. The molecule has 0 unspecified atom stereocenters. The number of rotatable bonds is 6. The van der Waals surface area contributed by atoms with E-state index in [0.29, 0.717) is 37.9 Å². The molecule has 0 aliphatic carbocycles. The summed E-state index contributed by atoms with van der Waals surface area (Å²) in [6.07, 6.45) is -1.36. The van der Waals surface area contributed by atoms with Gasteiger partial charge in [0.05, 0.1) is 28.8 Å². The van der Waals surface area contributed by atoms with Crippen LogP contribution in [0.2, 0.25) is 0 Å². The van der Waals surface area contributed by atoms with E-state index in [-0.39, 0.29) is 23.0 Å². The summed E-state index contributed by atoms with van der Waals surface area (Å²) in [5.74, 6) is -1.96. The molecular formula is C29H34F4N8O. The van der Waals surface area contributed by atoms with E-state index in [1.54, 1.807) is 39.0 Å². The summed E-state index contributed by atoms with van der Waals surface area (Å²) in [6, 6.07) is 7.18. The average Bonchev–Trinajstić information content (AvgIpc) is 3.55. The summed E-state index contributed by atoms with van der Waals surface area (Å²) in [5, 5.41) is 8.54. The number of benzene rings is 2. The van der Waals surface area contributed by atoms with Crippen molar-refractivity contribution < 1.29 is 22.4 Å². The molecule has 2 aliphatic heterocycles. The highest BCUT2D eigenvalue weighted by molar-refractivity contribution is 6.05. The normalized spacial score (nSPS) is 16.2. The van der Waals surface area contributed by atoms with Crippen molar-refractivity contribution >= 4 is 28.7 Å². The van der Waals surface area contributed by atoms with Gasteiger partial charge in [-0.1, -0.05) is 6.07 Å². The molecule has 42 heavy (non-hydrogen) atoms. The fraction of sp³-hybridized carbons (Fsp3) is 0.379. The minimum absolute atomic E-state index is 0.132. The maximum Gasteiger partial charge on any atom is 0.419 e. The topological polar surface area (TPSA) is 80.7 Å². The van der Waals surface area contributed by atoms with Gasteiger partial charge in [-0.2, -0.15) is 18.3 Å². The van der Waals surface area contributed by atoms with Crippen molar-refractivity contribution in [3.05, 3.63) is 76.5 Å². The van der Waals surface area contributed by atoms with E-state index in [1.165, 1.54) is 6.07 Å². The number of aromatic nitrogens is 2. The molecule has 0 saturated carbocycles. The van der Waals surface area contributed by atoms with Gasteiger partial charge in [-0.3, -0.25) is 19.4 Å². The molecule has 1 saturated heterocycles. The van der Waals surface area contributed by atoms with E-state index >= 15 is 4.39 Å². The first kappa shape index (κ1) is 29.4. The Bertz CT molecular complexity index is 1520. The first-order valence-electron chi connectivity index (χ1n) is 13.7. The van der Waals surface area contributed by atoms with E-state index in [1.807, 2.05) is 40.9 Å². The number of aryl methyl sites for hydroxylation is 2. The summed E-state index contributed by atoms with van der Waals surface area (Å²) in [4.78, 5) is 17.1. The number of carbonyl (C=O) groups is 1. The fourth-order valence-corrected chi connectivity index (χ4v) is 5.15. The second-order valence-corrected chi connectivity index (χ2v) is 10.8. The lowest BCUT2D eigenvalue weighted by Crippen LogP contribution is -2.49. The van der Waals surface area contributed by atoms with Crippen LogP contribution in [-0.4, -0.2) is 52.8 Å². The van der Waals surface area contributed by atoms with Crippen LogP contribution in [0.25, 0.3) is 5.70 Å². The second kappa shape index (κ2) is 11.3. The lowest BCUT2D eigenvalue weighted by atomic mass is 10.1. The summed E-state index contributed by atoms with van der Waals surface area (Å²) >= 11 is 0. The van der Waals surface area contributed by atoms with Gasteiger partial charge in [0.25, 0.3) is 5.91 Å². The molecule has 0 radical (unpaired) electrons. The first-order valence-corrected chi connectivity index (χ1v) is 13.7. The Morgan fingerprint density at radius 3 is 2.38 bits per heavy atom. The Hall–Kier alpha value is -4.10. The monoisotopic (exact) mass is 586 g/mol. The molecule has 3 N–H and O–H groups in total. The predicted molar refractivity (Wildman–Crippen MR) is 154 cm³/mol. The van der Waals surface area contributed by atoms with Gasteiger partial charge >= 0.3 is 6.18 Å². The maximum atomic E-state index is 15.2. The van der Waals surface area contributed by atoms with Crippen LogP contribution in [0.1, 0.15) is 46.6 Å². The number of nitrogens with zero attached hydrogens (tertiary/aromatic N) is 5. The molecule has 224 valence electrons. The Balaban J connectivity index is 1.40. The smallest absolute Gasteiger partial charge is 0.367 e. The second-order valence-electron chi connectivity index (χ2n) is 10.8. The number of hydrogen-bond donors (Lipinski definition) is 3. The summed E-state index contributed by atoms with van der Waals surface area (Å²) < 4.78 is 58.5. The molecule has 0 bridgehead atoms. The predicted octanol–water partition coefficient (Wildman–Crippen LogP) is 4.81. The van der Waals surface area contributed by atoms with Crippen molar-refractivity contribution in [1.29, 1.82) is 0 Å². The van der Waals surface area contributed by atoms with Gasteiger partial charge in [0.15, 0.2) is 5.82 Å². The van der Waals surface area contributed by atoms with Crippen LogP contribution in [0.3, 0.4) is 0 Å². The van der Waals surface area contributed by atoms with Gasteiger partial charge in [-0.15, -0.1) is 5.53 Å². The number of carbonyl (C=O) groups excluding carboxylic acids is 1. The van der Waals surface area contributed by atoms with Crippen molar-refractivity contribution in [1.82, 2.24) is 25.6 Å². The SMILES string of the molecule is Cc1ccc(C(=O)Nc2cc(N3CCN(C(C)C)CC3)c(F)c(C(F)(F)F)c2)cc1N1C=C(c2cnn(C)c2C)NN1. The van der Waals surface area contributed by atoms with E-state index < -0.39 is 23.5 Å². The van der Waals surface area contributed by atoms with Crippen LogP contribution < -0.4 is 26.2 Å². The minimum atomic E-state index is -4.93. The number of halogens is 4. The van der Waals surface area contributed by atoms with Crippen LogP contribution in [0.4, 0.5) is 34.6 Å². The van der Waals surface area contributed by atoms with E-state index in [2.05, 4.69) is 26.3 Å². The molecule has 2 aliphatic rings. The first-order chi connectivity index (χ1) is 19.8. The molecule has 0 spiro atoms. The molecule has 1 fully saturated rings. The number of hydrogen-bond acceptors (Lipinski definition) is 7. The van der Waals surface area contributed by atoms with Crippen LogP contribution in [-0.2, 0) is 13.2 Å². The summed E-state index contributed by atoms with van der Waals surface area (Å²) in [5.41, 5.74) is 8.79. The van der Waals surface area contributed by atoms with Crippen molar-refractivity contribution in [3.63, 3.8) is 0 Å². The molecule has 2 aromatic carbocycles.